The molecule has 2 amide bonds. The number of rotatable bonds is 3. The van der Waals surface area contributed by atoms with Crippen LogP contribution < -0.4 is 0 Å². The van der Waals surface area contributed by atoms with Crippen LogP contribution in [-0.4, -0.2) is 23.3 Å². The predicted octanol–water partition coefficient (Wildman–Crippen LogP) is 3.14. The van der Waals surface area contributed by atoms with E-state index in [0.29, 0.717) is 16.7 Å². The minimum Gasteiger partial charge on any atom is -0.270 e. The number of nitrogens with zero attached hydrogens (tertiary/aromatic N) is 1. The van der Waals surface area contributed by atoms with Gasteiger partial charge in [-0.2, -0.15) is 0 Å². The summed E-state index contributed by atoms with van der Waals surface area (Å²) < 4.78 is 13.0. The zero-order valence-electron chi connectivity index (χ0n) is 11.1. The molecule has 0 bridgehead atoms. The van der Waals surface area contributed by atoms with E-state index in [4.69, 9.17) is 0 Å². The SMILES string of the molecule is O=C1c2ccccc2C(=O)N1CC=Cc1cccc(F)c1. The fraction of sp³-hybridized carbons (Fsp3) is 0.0588. The molecular formula is C17H12FNO2. The van der Waals surface area contributed by atoms with E-state index in [2.05, 4.69) is 0 Å². The number of halogens is 1. The standard InChI is InChI=1S/C17H12FNO2/c18-13-7-3-5-12(11-13)6-4-10-19-16(20)14-8-1-2-9-15(14)17(19)21/h1-9,11H,10H2. The number of fused-ring (bicyclic) bond motifs is 1. The van der Waals surface area contributed by atoms with Gasteiger partial charge in [0.05, 0.1) is 11.1 Å². The maximum absolute atomic E-state index is 13.0. The highest BCUT2D eigenvalue weighted by molar-refractivity contribution is 6.21. The zero-order chi connectivity index (χ0) is 14.8. The van der Waals surface area contributed by atoms with E-state index < -0.39 is 0 Å². The number of hydrogen-bond donors (Lipinski definition) is 0. The molecule has 2 aromatic rings. The summed E-state index contributed by atoms with van der Waals surface area (Å²) in [6.07, 6.45) is 3.36. The third-order valence-electron chi connectivity index (χ3n) is 3.33. The van der Waals surface area contributed by atoms with Crippen LogP contribution in [-0.2, 0) is 0 Å². The molecule has 1 aliphatic heterocycles. The van der Waals surface area contributed by atoms with Gasteiger partial charge in [0.25, 0.3) is 11.8 Å². The zero-order valence-corrected chi connectivity index (χ0v) is 11.1. The summed E-state index contributed by atoms with van der Waals surface area (Å²) in [6, 6.07) is 12.9. The Morgan fingerprint density at radius 2 is 1.62 bits per heavy atom. The third-order valence-corrected chi connectivity index (χ3v) is 3.33. The molecule has 3 nitrogen and oxygen atoms in total. The molecule has 1 heterocycles. The second-order valence-electron chi connectivity index (χ2n) is 4.72. The van der Waals surface area contributed by atoms with Crippen molar-refractivity contribution in [3.05, 3.63) is 77.1 Å². The monoisotopic (exact) mass is 281 g/mol. The second kappa shape index (κ2) is 5.32. The molecule has 0 saturated carbocycles. The first-order chi connectivity index (χ1) is 10.2. The quantitative estimate of drug-likeness (QED) is 0.810. The van der Waals surface area contributed by atoms with Gasteiger partial charge in [-0.15, -0.1) is 0 Å². The average molecular weight is 281 g/mol. The number of carbonyl (C=O) groups excluding carboxylic acids is 2. The van der Waals surface area contributed by atoms with Crippen LogP contribution in [0.1, 0.15) is 26.3 Å². The van der Waals surface area contributed by atoms with Gasteiger partial charge in [-0.1, -0.05) is 36.4 Å². The van der Waals surface area contributed by atoms with Gasteiger partial charge in [-0.3, -0.25) is 14.5 Å². The Bertz CT molecular complexity index is 717. The summed E-state index contributed by atoms with van der Waals surface area (Å²) in [6.45, 7) is 0.170. The topological polar surface area (TPSA) is 37.4 Å². The van der Waals surface area contributed by atoms with Crippen molar-refractivity contribution in [3.63, 3.8) is 0 Å². The maximum Gasteiger partial charge on any atom is 0.261 e. The lowest BCUT2D eigenvalue weighted by molar-refractivity contribution is 0.0672. The van der Waals surface area contributed by atoms with Crippen molar-refractivity contribution in [1.82, 2.24) is 4.90 Å². The lowest BCUT2D eigenvalue weighted by Gasteiger charge is -2.10. The Morgan fingerprint density at radius 1 is 0.952 bits per heavy atom. The Labute approximate surface area is 121 Å². The van der Waals surface area contributed by atoms with Gasteiger partial charge in [-0.05, 0) is 29.8 Å². The van der Waals surface area contributed by atoms with Gasteiger partial charge >= 0.3 is 0 Å². The fourth-order valence-electron chi connectivity index (χ4n) is 2.31. The number of hydrogen-bond acceptors (Lipinski definition) is 2. The fourth-order valence-corrected chi connectivity index (χ4v) is 2.31. The number of imide groups is 1. The molecular weight excluding hydrogens is 269 g/mol. The maximum atomic E-state index is 13.0. The number of amides is 2. The lowest BCUT2D eigenvalue weighted by atomic mass is 10.1. The lowest BCUT2D eigenvalue weighted by Crippen LogP contribution is -2.29. The first-order valence-electron chi connectivity index (χ1n) is 6.54. The molecule has 0 N–H and O–H groups in total. The molecule has 3 rings (SSSR count). The summed E-state index contributed by atoms with van der Waals surface area (Å²) in [7, 11) is 0. The molecule has 0 radical (unpaired) electrons. The van der Waals surface area contributed by atoms with Crippen molar-refractivity contribution >= 4 is 17.9 Å². The van der Waals surface area contributed by atoms with Crippen molar-refractivity contribution in [2.24, 2.45) is 0 Å². The van der Waals surface area contributed by atoms with Crippen molar-refractivity contribution in [2.45, 2.75) is 0 Å². The van der Waals surface area contributed by atoms with Crippen LogP contribution in [0.4, 0.5) is 4.39 Å². The Hall–Kier alpha value is -2.75. The van der Waals surface area contributed by atoms with E-state index >= 15 is 0 Å². The van der Waals surface area contributed by atoms with Crippen molar-refractivity contribution in [3.8, 4) is 0 Å². The van der Waals surface area contributed by atoms with E-state index in [1.54, 1.807) is 48.6 Å². The molecule has 0 spiro atoms. The smallest absolute Gasteiger partial charge is 0.261 e. The molecule has 1 aliphatic rings. The number of benzene rings is 2. The van der Waals surface area contributed by atoms with Crippen LogP contribution >= 0.6 is 0 Å². The van der Waals surface area contributed by atoms with Crippen molar-refractivity contribution in [2.75, 3.05) is 6.54 Å². The van der Waals surface area contributed by atoms with Crippen molar-refractivity contribution < 1.29 is 14.0 Å². The first-order valence-corrected chi connectivity index (χ1v) is 6.54. The minimum absolute atomic E-state index is 0.170. The summed E-state index contributed by atoms with van der Waals surface area (Å²) in [5.41, 5.74) is 1.55. The molecule has 0 aliphatic carbocycles. The van der Waals surface area contributed by atoms with E-state index in [0.717, 1.165) is 0 Å². The molecule has 21 heavy (non-hydrogen) atoms. The molecule has 0 fully saturated rings. The van der Waals surface area contributed by atoms with Gasteiger partial charge in [0, 0.05) is 6.54 Å². The largest absolute Gasteiger partial charge is 0.270 e. The van der Waals surface area contributed by atoms with Crippen LogP contribution in [0.2, 0.25) is 0 Å². The number of carbonyl (C=O) groups is 2. The van der Waals surface area contributed by atoms with E-state index in [9.17, 15) is 14.0 Å². The Kier molecular flexibility index (Phi) is 3.36. The highest BCUT2D eigenvalue weighted by Crippen LogP contribution is 2.22. The molecule has 4 heteroatoms. The van der Waals surface area contributed by atoms with Gasteiger partial charge in [0.2, 0.25) is 0 Å². The molecule has 0 aromatic heterocycles. The normalized spacial score (nSPS) is 14.0. The molecule has 104 valence electrons. The molecule has 2 aromatic carbocycles. The highest BCUT2D eigenvalue weighted by atomic mass is 19.1. The van der Waals surface area contributed by atoms with Gasteiger partial charge < -0.3 is 0 Å². The van der Waals surface area contributed by atoms with Crippen LogP contribution in [0.15, 0.2) is 54.6 Å². The molecule has 0 atom stereocenters. The van der Waals surface area contributed by atoms with E-state index in [1.165, 1.54) is 17.0 Å². The highest BCUT2D eigenvalue weighted by Gasteiger charge is 2.33. The molecule has 0 saturated heterocycles. The van der Waals surface area contributed by atoms with Gasteiger partial charge in [-0.25, -0.2) is 4.39 Å². The predicted molar refractivity (Wildman–Crippen MR) is 77.2 cm³/mol. The molecule has 0 unspecified atom stereocenters. The summed E-state index contributed by atoms with van der Waals surface area (Å²) >= 11 is 0. The van der Waals surface area contributed by atoms with Crippen LogP contribution in [0.5, 0.6) is 0 Å². The summed E-state index contributed by atoms with van der Waals surface area (Å²) in [5, 5.41) is 0. The first kappa shape index (κ1) is 13.2. The van der Waals surface area contributed by atoms with Gasteiger partial charge in [0.15, 0.2) is 0 Å². The van der Waals surface area contributed by atoms with E-state index in [-0.39, 0.29) is 24.2 Å². The summed E-state index contributed by atoms with van der Waals surface area (Å²) in [5.74, 6) is -0.906. The average Bonchev–Trinajstić information content (AvgIpc) is 2.73. The summed E-state index contributed by atoms with van der Waals surface area (Å²) in [4.78, 5) is 25.4. The van der Waals surface area contributed by atoms with Gasteiger partial charge in [0.1, 0.15) is 5.82 Å². The van der Waals surface area contributed by atoms with Crippen LogP contribution in [0.3, 0.4) is 0 Å². The second-order valence-corrected chi connectivity index (χ2v) is 4.72. The third kappa shape index (κ3) is 2.48. The van der Waals surface area contributed by atoms with Crippen LogP contribution in [0.25, 0.3) is 6.08 Å². The van der Waals surface area contributed by atoms with Crippen molar-refractivity contribution in [1.29, 1.82) is 0 Å². The Balaban J connectivity index is 1.75. The minimum atomic E-state index is -0.321. The van der Waals surface area contributed by atoms with E-state index in [1.807, 2.05) is 0 Å². The van der Waals surface area contributed by atoms with Crippen LogP contribution in [0, 0.1) is 5.82 Å². The Morgan fingerprint density at radius 3 is 2.24 bits per heavy atom.